The first-order chi connectivity index (χ1) is 11.8. The zero-order valence-corrected chi connectivity index (χ0v) is 14.5. The smallest absolute Gasteiger partial charge is 0.109 e. The van der Waals surface area contributed by atoms with Crippen LogP contribution in [0.3, 0.4) is 0 Å². The van der Waals surface area contributed by atoms with E-state index in [1.54, 1.807) is 0 Å². The van der Waals surface area contributed by atoms with Crippen LogP contribution in [0.4, 0.5) is 11.4 Å². The van der Waals surface area contributed by atoms with Crippen LogP contribution in [0.2, 0.25) is 0 Å². The molecule has 1 aromatic carbocycles. The lowest BCUT2D eigenvalue weighted by molar-refractivity contribution is 0.313. The molecule has 0 amide bonds. The van der Waals surface area contributed by atoms with Crippen molar-refractivity contribution in [3.05, 3.63) is 42.2 Å². The highest BCUT2D eigenvalue weighted by Crippen LogP contribution is 2.26. The van der Waals surface area contributed by atoms with Gasteiger partial charge >= 0.3 is 0 Å². The molecule has 2 aromatic heterocycles. The second-order valence-electron chi connectivity index (χ2n) is 6.09. The van der Waals surface area contributed by atoms with Crippen LogP contribution in [-0.2, 0) is 6.54 Å². The van der Waals surface area contributed by atoms with Gasteiger partial charge in [-0.05, 0) is 19.2 Å². The van der Waals surface area contributed by atoms with Crippen molar-refractivity contribution >= 4 is 34.1 Å². The van der Waals surface area contributed by atoms with Crippen molar-refractivity contribution in [2.45, 2.75) is 6.54 Å². The van der Waals surface area contributed by atoms with Crippen LogP contribution in [0.1, 0.15) is 5.56 Å². The fourth-order valence-corrected chi connectivity index (χ4v) is 3.61. The van der Waals surface area contributed by atoms with Gasteiger partial charge in [0.05, 0.1) is 29.3 Å². The molecule has 0 saturated carbocycles. The molecule has 124 valence electrons. The van der Waals surface area contributed by atoms with Gasteiger partial charge in [-0.3, -0.25) is 4.98 Å². The van der Waals surface area contributed by atoms with E-state index >= 15 is 0 Å². The van der Waals surface area contributed by atoms with Gasteiger partial charge in [0.2, 0.25) is 0 Å². The number of hydrogen-bond donors (Lipinski definition) is 1. The van der Waals surface area contributed by atoms with E-state index in [1.807, 2.05) is 24.5 Å². The van der Waals surface area contributed by atoms with Gasteiger partial charge in [0, 0.05) is 44.5 Å². The lowest BCUT2D eigenvalue weighted by atomic mass is 10.1. The van der Waals surface area contributed by atoms with Gasteiger partial charge < -0.3 is 15.1 Å². The van der Waals surface area contributed by atoms with E-state index in [0.717, 1.165) is 55.0 Å². The van der Waals surface area contributed by atoms with E-state index in [4.69, 9.17) is 0 Å². The number of nitrogens with one attached hydrogen (secondary N) is 1. The van der Waals surface area contributed by atoms with Crippen LogP contribution < -0.4 is 10.2 Å². The van der Waals surface area contributed by atoms with E-state index in [0.29, 0.717) is 0 Å². The number of benzene rings is 1. The monoisotopic (exact) mass is 340 g/mol. The SMILES string of the molecule is CN1CCN(c2ccncc2NCc2cccc3nsnc23)CC1. The number of aromatic nitrogens is 3. The summed E-state index contributed by atoms with van der Waals surface area (Å²) in [5.74, 6) is 0. The minimum absolute atomic E-state index is 0.717. The molecule has 24 heavy (non-hydrogen) atoms. The molecule has 1 saturated heterocycles. The van der Waals surface area contributed by atoms with Crippen LogP contribution in [0, 0.1) is 0 Å². The molecular formula is C17H20N6S. The maximum Gasteiger partial charge on any atom is 0.109 e. The third-order valence-corrected chi connectivity index (χ3v) is 5.02. The highest BCUT2D eigenvalue weighted by atomic mass is 32.1. The van der Waals surface area contributed by atoms with Crippen LogP contribution in [0.15, 0.2) is 36.7 Å². The quantitative estimate of drug-likeness (QED) is 0.787. The normalized spacial score (nSPS) is 15.8. The van der Waals surface area contributed by atoms with E-state index in [9.17, 15) is 0 Å². The topological polar surface area (TPSA) is 57.2 Å². The first kappa shape index (κ1) is 15.3. The standard InChI is InChI=1S/C17H20N6S/c1-22-7-9-23(10-8-22)16-5-6-18-12-15(16)19-11-13-3-2-4-14-17(13)21-24-20-14/h2-6,12,19H,7-11H2,1H3. The number of fused-ring (bicyclic) bond motifs is 1. The van der Waals surface area contributed by atoms with Gasteiger partial charge in [0.1, 0.15) is 11.0 Å². The Balaban J connectivity index is 1.54. The lowest BCUT2D eigenvalue weighted by Crippen LogP contribution is -2.44. The van der Waals surface area contributed by atoms with Crippen LogP contribution >= 0.6 is 11.7 Å². The number of nitrogens with zero attached hydrogens (tertiary/aromatic N) is 5. The Labute approximate surface area is 145 Å². The first-order valence-corrected chi connectivity index (χ1v) is 8.86. The maximum atomic E-state index is 4.41. The third kappa shape index (κ3) is 3.05. The highest BCUT2D eigenvalue weighted by molar-refractivity contribution is 7.00. The molecular weight excluding hydrogens is 320 g/mol. The predicted octanol–water partition coefficient (Wildman–Crippen LogP) is 2.45. The third-order valence-electron chi connectivity index (χ3n) is 4.48. The molecule has 0 aliphatic carbocycles. The number of piperazine rings is 1. The lowest BCUT2D eigenvalue weighted by Gasteiger charge is -2.35. The molecule has 0 spiro atoms. The van der Waals surface area contributed by atoms with Gasteiger partial charge in [-0.15, -0.1) is 0 Å². The van der Waals surface area contributed by atoms with Crippen molar-refractivity contribution in [2.75, 3.05) is 43.4 Å². The number of hydrogen-bond acceptors (Lipinski definition) is 7. The summed E-state index contributed by atoms with van der Waals surface area (Å²) < 4.78 is 8.72. The summed E-state index contributed by atoms with van der Waals surface area (Å²) in [5, 5.41) is 3.54. The zero-order valence-electron chi connectivity index (χ0n) is 13.6. The summed E-state index contributed by atoms with van der Waals surface area (Å²) in [6, 6.07) is 8.23. The molecule has 6 nitrogen and oxygen atoms in total. The molecule has 0 bridgehead atoms. The Morgan fingerprint density at radius 3 is 2.88 bits per heavy atom. The van der Waals surface area contributed by atoms with Gasteiger partial charge in [-0.1, -0.05) is 12.1 Å². The largest absolute Gasteiger partial charge is 0.378 e. The minimum Gasteiger partial charge on any atom is -0.378 e. The molecule has 0 unspecified atom stereocenters. The molecule has 7 heteroatoms. The summed E-state index contributed by atoms with van der Waals surface area (Å²) in [6.07, 6.45) is 3.77. The van der Waals surface area contributed by atoms with Crippen molar-refractivity contribution in [3.63, 3.8) is 0 Å². The van der Waals surface area contributed by atoms with Crippen LogP contribution in [0.25, 0.3) is 11.0 Å². The van der Waals surface area contributed by atoms with E-state index in [1.165, 1.54) is 17.4 Å². The Hall–Kier alpha value is -2.25. The summed E-state index contributed by atoms with van der Waals surface area (Å²) in [4.78, 5) is 9.08. The minimum atomic E-state index is 0.717. The average molecular weight is 340 g/mol. The van der Waals surface area contributed by atoms with Crippen molar-refractivity contribution in [1.82, 2.24) is 18.6 Å². The molecule has 0 radical (unpaired) electrons. The van der Waals surface area contributed by atoms with Gasteiger partial charge in [-0.2, -0.15) is 8.75 Å². The summed E-state index contributed by atoms with van der Waals surface area (Å²) in [5.41, 5.74) is 5.41. The second kappa shape index (κ2) is 6.70. The molecule has 1 N–H and O–H groups in total. The Morgan fingerprint density at radius 2 is 2.00 bits per heavy atom. The maximum absolute atomic E-state index is 4.41. The Morgan fingerprint density at radius 1 is 1.12 bits per heavy atom. The summed E-state index contributed by atoms with van der Waals surface area (Å²) in [7, 11) is 2.17. The fraction of sp³-hybridized carbons (Fsp3) is 0.353. The second-order valence-corrected chi connectivity index (χ2v) is 6.61. The summed E-state index contributed by atoms with van der Waals surface area (Å²) in [6.45, 7) is 4.98. The van der Waals surface area contributed by atoms with Gasteiger partial charge in [-0.25, -0.2) is 0 Å². The van der Waals surface area contributed by atoms with Gasteiger partial charge in [0.15, 0.2) is 0 Å². The van der Waals surface area contributed by atoms with Gasteiger partial charge in [0.25, 0.3) is 0 Å². The molecule has 3 heterocycles. The van der Waals surface area contributed by atoms with Crippen molar-refractivity contribution in [1.29, 1.82) is 0 Å². The first-order valence-electron chi connectivity index (χ1n) is 8.13. The van der Waals surface area contributed by atoms with Crippen molar-refractivity contribution in [3.8, 4) is 0 Å². The molecule has 1 aliphatic heterocycles. The predicted molar refractivity (Wildman–Crippen MR) is 98.7 cm³/mol. The van der Waals surface area contributed by atoms with Crippen LogP contribution in [-0.4, -0.2) is 51.9 Å². The number of rotatable bonds is 4. The molecule has 4 rings (SSSR count). The number of anilines is 2. The van der Waals surface area contributed by atoms with Crippen molar-refractivity contribution < 1.29 is 0 Å². The molecule has 0 atom stereocenters. The average Bonchev–Trinajstić information content (AvgIpc) is 3.10. The molecule has 1 aliphatic rings. The Bertz CT molecular complexity index is 825. The highest BCUT2D eigenvalue weighted by Gasteiger charge is 2.17. The van der Waals surface area contributed by atoms with Crippen LogP contribution in [0.5, 0.6) is 0 Å². The van der Waals surface area contributed by atoms with E-state index in [2.05, 4.69) is 48.0 Å². The number of likely N-dealkylation sites (N-methyl/N-ethyl adjacent to an activating group) is 1. The van der Waals surface area contributed by atoms with E-state index in [-0.39, 0.29) is 0 Å². The van der Waals surface area contributed by atoms with Crippen molar-refractivity contribution in [2.24, 2.45) is 0 Å². The Kier molecular flexibility index (Phi) is 4.27. The number of pyridine rings is 1. The molecule has 3 aromatic rings. The fourth-order valence-electron chi connectivity index (χ4n) is 3.04. The summed E-state index contributed by atoms with van der Waals surface area (Å²) >= 11 is 1.26. The molecule has 1 fully saturated rings. The zero-order chi connectivity index (χ0) is 16.4. The van der Waals surface area contributed by atoms with E-state index < -0.39 is 0 Å².